The number of carboxylic acid groups (broad SMARTS) is 1. The maximum atomic E-state index is 11.9. The lowest BCUT2D eigenvalue weighted by molar-refractivity contribution is -0.133. The zero-order valence-electron chi connectivity index (χ0n) is 12.5. The number of amides is 3. The van der Waals surface area contributed by atoms with Crippen LogP contribution in [-0.2, 0) is 9.59 Å². The van der Waals surface area contributed by atoms with Crippen LogP contribution in [0.2, 0.25) is 0 Å². The smallest absolute Gasteiger partial charge is 0.331 e. The predicted octanol–water partition coefficient (Wildman–Crippen LogP) is 1.72. The summed E-state index contributed by atoms with van der Waals surface area (Å²) in [6.07, 6.45) is 2.73. The molecular weight excluding hydrogens is 280 g/mol. The van der Waals surface area contributed by atoms with Gasteiger partial charge in [0.05, 0.1) is 0 Å². The number of carbonyl (C=O) groups is 3. The number of urea groups is 1. The van der Waals surface area contributed by atoms with Crippen molar-refractivity contribution in [1.82, 2.24) is 10.2 Å². The highest BCUT2D eigenvalue weighted by atomic mass is 32.2. The molecule has 0 spiro atoms. The summed E-state index contributed by atoms with van der Waals surface area (Å²) in [4.78, 5) is 36.0. The summed E-state index contributed by atoms with van der Waals surface area (Å²) >= 11 is 1.62. The van der Waals surface area contributed by atoms with Crippen molar-refractivity contribution in [2.75, 3.05) is 19.1 Å². The highest BCUT2D eigenvalue weighted by Gasteiger charge is 2.21. The average Bonchev–Trinajstić information content (AvgIpc) is 2.41. The molecule has 1 atom stereocenters. The molecule has 0 aliphatic heterocycles. The lowest BCUT2D eigenvalue weighted by atomic mass is 10.1. The fourth-order valence-corrected chi connectivity index (χ4v) is 2.32. The van der Waals surface area contributed by atoms with Gasteiger partial charge in [0.2, 0.25) is 0 Å². The van der Waals surface area contributed by atoms with Crippen LogP contribution in [0.4, 0.5) is 4.79 Å². The first-order valence-electron chi connectivity index (χ1n) is 6.24. The van der Waals surface area contributed by atoms with Crippen LogP contribution in [0.1, 0.15) is 27.2 Å². The maximum absolute atomic E-state index is 11.9. The Morgan fingerprint density at radius 1 is 1.25 bits per heavy atom. The molecular formula is C13H22N2O4S. The summed E-state index contributed by atoms with van der Waals surface area (Å²) in [7, 11) is 1.62. The molecule has 7 heteroatoms. The number of rotatable bonds is 6. The van der Waals surface area contributed by atoms with Crippen LogP contribution in [0.15, 0.2) is 11.1 Å². The van der Waals surface area contributed by atoms with Gasteiger partial charge in [-0.1, -0.05) is 6.92 Å². The summed E-state index contributed by atoms with van der Waals surface area (Å²) in [5.41, 5.74) is -0.0497. The molecule has 20 heavy (non-hydrogen) atoms. The van der Waals surface area contributed by atoms with E-state index in [-0.39, 0.29) is 17.2 Å². The maximum Gasteiger partial charge on any atom is 0.331 e. The molecule has 0 saturated heterocycles. The predicted molar refractivity (Wildman–Crippen MR) is 79.8 cm³/mol. The van der Waals surface area contributed by atoms with Crippen LogP contribution in [0.3, 0.4) is 0 Å². The van der Waals surface area contributed by atoms with Crippen LogP contribution in [0.25, 0.3) is 0 Å². The SMILES string of the molecule is CCC(CSC)N(C)C(=O)NC(=O)C(C)=C(C)C(=O)O. The number of hydrogen-bond donors (Lipinski definition) is 2. The fourth-order valence-electron chi connectivity index (χ4n) is 1.47. The number of carboxylic acids is 1. The largest absolute Gasteiger partial charge is 0.478 e. The Labute approximate surface area is 123 Å². The second-order valence-electron chi connectivity index (χ2n) is 4.44. The molecule has 0 fully saturated rings. The zero-order valence-corrected chi connectivity index (χ0v) is 13.3. The second kappa shape index (κ2) is 8.63. The van der Waals surface area contributed by atoms with Crippen molar-refractivity contribution in [3.63, 3.8) is 0 Å². The van der Waals surface area contributed by atoms with Crippen molar-refractivity contribution >= 4 is 29.7 Å². The molecule has 0 radical (unpaired) electrons. The van der Waals surface area contributed by atoms with E-state index in [1.54, 1.807) is 18.8 Å². The van der Waals surface area contributed by atoms with Crippen LogP contribution < -0.4 is 5.32 Å². The van der Waals surface area contributed by atoms with Crippen LogP contribution >= 0.6 is 11.8 Å². The first kappa shape index (κ1) is 18.5. The number of thioether (sulfide) groups is 1. The van der Waals surface area contributed by atoms with Crippen molar-refractivity contribution in [2.24, 2.45) is 0 Å². The highest BCUT2D eigenvalue weighted by Crippen LogP contribution is 2.09. The lowest BCUT2D eigenvalue weighted by Crippen LogP contribution is -2.46. The third-order valence-corrected chi connectivity index (χ3v) is 3.86. The third-order valence-electron chi connectivity index (χ3n) is 3.14. The Morgan fingerprint density at radius 3 is 2.20 bits per heavy atom. The molecule has 1 unspecified atom stereocenters. The van der Waals surface area contributed by atoms with Crippen LogP contribution in [0, 0.1) is 0 Å². The Bertz CT molecular complexity index is 421. The molecule has 114 valence electrons. The fraction of sp³-hybridized carbons (Fsp3) is 0.615. The number of nitrogens with one attached hydrogen (secondary N) is 1. The molecule has 0 aromatic rings. The van der Waals surface area contributed by atoms with Crippen molar-refractivity contribution < 1.29 is 19.5 Å². The van der Waals surface area contributed by atoms with E-state index >= 15 is 0 Å². The van der Waals surface area contributed by atoms with Crippen molar-refractivity contribution in [3.05, 3.63) is 11.1 Å². The standard InChI is InChI=1S/C13H22N2O4S/c1-6-10(7-20-5)15(4)13(19)14-11(16)8(2)9(3)12(17)18/h10H,6-7H2,1-5H3,(H,17,18)(H,14,16,19). The van der Waals surface area contributed by atoms with Gasteiger partial charge in [0, 0.05) is 30.0 Å². The Morgan fingerprint density at radius 2 is 1.80 bits per heavy atom. The Kier molecular flexibility index (Phi) is 7.98. The van der Waals surface area contributed by atoms with Crippen LogP contribution in [0.5, 0.6) is 0 Å². The number of aliphatic carboxylic acids is 1. The van der Waals surface area contributed by atoms with Crippen molar-refractivity contribution in [3.8, 4) is 0 Å². The average molecular weight is 302 g/mol. The van der Waals surface area contributed by atoms with Gasteiger partial charge in [0.1, 0.15) is 0 Å². The molecule has 6 nitrogen and oxygen atoms in total. The van der Waals surface area contributed by atoms with Gasteiger partial charge in [-0.05, 0) is 26.5 Å². The lowest BCUT2D eigenvalue weighted by Gasteiger charge is -2.26. The van der Waals surface area contributed by atoms with Crippen molar-refractivity contribution in [2.45, 2.75) is 33.2 Å². The Hall–Kier alpha value is -1.50. The number of hydrogen-bond acceptors (Lipinski definition) is 4. The molecule has 0 rings (SSSR count). The van der Waals surface area contributed by atoms with E-state index in [9.17, 15) is 14.4 Å². The minimum atomic E-state index is -1.17. The van der Waals surface area contributed by atoms with E-state index in [4.69, 9.17) is 5.11 Å². The zero-order chi connectivity index (χ0) is 15.9. The molecule has 0 saturated carbocycles. The highest BCUT2D eigenvalue weighted by molar-refractivity contribution is 7.98. The van der Waals surface area contributed by atoms with Gasteiger partial charge in [0.25, 0.3) is 5.91 Å². The van der Waals surface area contributed by atoms with E-state index in [0.717, 1.165) is 12.2 Å². The molecule has 0 aliphatic rings. The van der Waals surface area contributed by atoms with Gasteiger partial charge in [-0.15, -0.1) is 0 Å². The van der Waals surface area contributed by atoms with E-state index in [1.165, 1.54) is 18.7 Å². The minimum Gasteiger partial charge on any atom is -0.478 e. The first-order chi connectivity index (χ1) is 9.26. The normalized spacial score (nSPS) is 13.2. The number of nitrogens with zero attached hydrogens (tertiary/aromatic N) is 1. The summed E-state index contributed by atoms with van der Waals surface area (Å²) in [5, 5.41) is 11.0. The summed E-state index contributed by atoms with van der Waals surface area (Å²) in [6, 6.07) is -0.490. The minimum absolute atomic E-state index is 0.0252. The molecule has 2 N–H and O–H groups in total. The van der Waals surface area contributed by atoms with Gasteiger partial charge in [-0.3, -0.25) is 10.1 Å². The van der Waals surface area contributed by atoms with E-state index in [2.05, 4.69) is 5.32 Å². The van der Waals surface area contributed by atoms with Gasteiger partial charge < -0.3 is 10.0 Å². The number of carbonyl (C=O) groups excluding carboxylic acids is 2. The first-order valence-corrected chi connectivity index (χ1v) is 7.63. The van der Waals surface area contributed by atoms with Gasteiger partial charge in [0.15, 0.2) is 0 Å². The van der Waals surface area contributed by atoms with Gasteiger partial charge in [-0.25, -0.2) is 9.59 Å². The Balaban J connectivity index is 4.80. The molecule has 0 aromatic carbocycles. The molecule has 0 bridgehead atoms. The van der Waals surface area contributed by atoms with E-state index < -0.39 is 17.9 Å². The third kappa shape index (κ3) is 5.24. The molecule has 0 heterocycles. The van der Waals surface area contributed by atoms with Gasteiger partial charge >= 0.3 is 12.0 Å². The summed E-state index contributed by atoms with van der Waals surface area (Å²) in [6.45, 7) is 4.67. The number of imide groups is 1. The van der Waals surface area contributed by atoms with E-state index in [1.807, 2.05) is 13.2 Å². The van der Waals surface area contributed by atoms with E-state index in [0.29, 0.717) is 0 Å². The summed E-state index contributed by atoms with van der Waals surface area (Å²) in [5.74, 6) is -1.08. The molecule has 3 amide bonds. The molecule has 0 aliphatic carbocycles. The molecule has 0 aromatic heterocycles. The van der Waals surface area contributed by atoms with Gasteiger partial charge in [-0.2, -0.15) is 11.8 Å². The summed E-state index contributed by atoms with van der Waals surface area (Å²) < 4.78 is 0. The van der Waals surface area contributed by atoms with Crippen LogP contribution in [-0.4, -0.2) is 53.0 Å². The van der Waals surface area contributed by atoms with Crippen molar-refractivity contribution in [1.29, 1.82) is 0 Å². The topological polar surface area (TPSA) is 86.7 Å². The monoisotopic (exact) mass is 302 g/mol. The quantitative estimate of drug-likeness (QED) is 0.730. The second-order valence-corrected chi connectivity index (χ2v) is 5.35.